The Morgan fingerprint density at radius 1 is 1.26 bits per heavy atom. The third-order valence-corrected chi connectivity index (χ3v) is 5.53. The number of ether oxygens (including phenoxy) is 2. The maximum Gasteiger partial charge on any atom is 0.389 e. The van der Waals surface area contributed by atoms with Crippen molar-refractivity contribution < 1.29 is 32.2 Å². The largest absolute Gasteiger partial charge is 0.389 e. The van der Waals surface area contributed by atoms with Crippen LogP contribution in [0.4, 0.5) is 13.2 Å². The summed E-state index contributed by atoms with van der Waals surface area (Å²) >= 11 is 0. The van der Waals surface area contributed by atoms with Crippen molar-refractivity contribution in [3.8, 4) is 0 Å². The number of carbonyl (C=O) groups is 2. The van der Waals surface area contributed by atoms with Gasteiger partial charge in [-0.2, -0.15) is 13.2 Å². The molecule has 0 aliphatic carbocycles. The van der Waals surface area contributed by atoms with E-state index in [0.29, 0.717) is 32.2 Å². The van der Waals surface area contributed by atoms with E-state index in [4.69, 9.17) is 9.47 Å². The number of hydrogen-bond donors (Lipinski definition) is 0. The van der Waals surface area contributed by atoms with Gasteiger partial charge in [0.15, 0.2) is 0 Å². The lowest BCUT2D eigenvalue weighted by Crippen LogP contribution is -2.42. The summed E-state index contributed by atoms with van der Waals surface area (Å²) in [5.74, 6) is -0.656. The number of rotatable bonds is 7. The predicted molar refractivity (Wildman–Crippen MR) is 105 cm³/mol. The lowest BCUT2D eigenvalue weighted by atomic mass is 9.99. The van der Waals surface area contributed by atoms with Gasteiger partial charge in [0, 0.05) is 51.7 Å². The van der Waals surface area contributed by atoms with E-state index in [1.54, 1.807) is 23.4 Å². The SMILES string of the molecule is O=C(CCC(F)(F)F)N1CC(=O)N(CC2CCOCC2)C[C@H](OCc2cccnc2)C1. The second kappa shape index (κ2) is 10.9. The van der Waals surface area contributed by atoms with Crippen molar-refractivity contribution in [2.24, 2.45) is 5.92 Å². The Kier molecular flexibility index (Phi) is 8.25. The minimum absolute atomic E-state index is 0.0764. The van der Waals surface area contributed by atoms with Crippen LogP contribution in [0.3, 0.4) is 0 Å². The van der Waals surface area contributed by atoms with Gasteiger partial charge in [0.1, 0.15) is 0 Å². The molecule has 3 heterocycles. The molecule has 1 atom stereocenters. The van der Waals surface area contributed by atoms with Crippen LogP contribution in [0.25, 0.3) is 0 Å². The average Bonchev–Trinajstić information content (AvgIpc) is 2.90. The minimum Gasteiger partial charge on any atom is -0.381 e. The van der Waals surface area contributed by atoms with Crippen LogP contribution in [-0.2, 0) is 25.7 Å². The average molecular weight is 443 g/mol. The lowest BCUT2D eigenvalue weighted by Gasteiger charge is -2.30. The van der Waals surface area contributed by atoms with Crippen LogP contribution in [0.15, 0.2) is 24.5 Å². The fourth-order valence-electron chi connectivity index (χ4n) is 3.80. The quantitative estimate of drug-likeness (QED) is 0.647. The van der Waals surface area contributed by atoms with Crippen molar-refractivity contribution >= 4 is 11.8 Å². The molecule has 31 heavy (non-hydrogen) atoms. The fraction of sp³-hybridized carbons (Fsp3) is 0.667. The van der Waals surface area contributed by atoms with Gasteiger partial charge in [0.2, 0.25) is 11.8 Å². The summed E-state index contributed by atoms with van der Waals surface area (Å²) in [5.41, 5.74) is 0.837. The number of amides is 2. The number of hydrogen-bond acceptors (Lipinski definition) is 5. The van der Waals surface area contributed by atoms with Gasteiger partial charge in [-0.25, -0.2) is 0 Å². The number of pyridine rings is 1. The molecule has 0 aromatic carbocycles. The molecule has 0 bridgehead atoms. The maximum absolute atomic E-state index is 12.8. The first-order chi connectivity index (χ1) is 14.8. The van der Waals surface area contributed by atoms with E-state index >= 15 is 0 Å². The molecule has 2 amide bonds. The van der Waals surface area contributed by atoms with E-state index in [1.165, 1.54) is 4.90 Å². The van der Waals surface area contributed by atoms with E-state index in [0.717, 1.165) is 18.4 Å². The first-order valence-electron chi connectivity index (χ1n) is 10.5. The molecule has 3 rings (SSSR count). The van der Waals surface area contributed by atoms with Gasteiger partial charge in [-0.1, -0.05) is 6.07 Å². The first-order valence-corrected chi connectivity index (χ1v) is 10.5. The standard InChI is InChI=1S/C21H28F3N3O4/c22-21(23,24)6-3-19(28)27-13-18(31-15-17-2-1-7-25-10-17)12-26(20(29)14-27)11-16-4-8-30-9-5-16/h1-2,7,10,16,18H,3-6,8-9,11-15H2/t18-/m0/s1. The molecule has 10 heteroatoms. The molecule has 7 nitrogen and oxygen atoms in total. The van der Waals surface area contributed by atoms with Crippen LogP contribution in [0, 0.1) is 5.92 Å². The summed E-state index contributed by atoms with van der Waals surface area (Å²) in [7, 11) is 0. The second-order valence-corrected chi connectivity index (χ2v) is 8.04. The Morgan fingerprint density at radius 2 is 2.03 bits per heavy atom. The van der Waals surface area contributed by atoms with E-state index in [9.17, 15) is 22.8 Å². The van der Waals surface area contributed by atoms with Crippen LogP contribution in [0.1, 0.15) is 31.2 Å². The van der Waals surface area contributed by atoms with Crippen LogP contribution in [-0.4, -0.2) is 78.3 Å². The van der Waals surface area contributed by atoms with Gasteiger partial charge < -0.3 is 19.3 Å². The third kappa shape index (κ3) is 7.77. The molecule has 172 valence electrons. The lowest BCUT2D eigenvalue weighted by molar-refractivity contribution is -0.150. The van der Waals surface area contributed by atoms with Crippen molar-refractivity contribution in [1.29, 1.82) is 0 Å². The van der Waals surface area contributed by atoms with E-state index in [1.807, 2.05) is 6.07 Å². The van der Waals surface area contributed by atoms with E-state index in [-0.39, 0.29) is 25.6 Å². The summed E-state index contributed by atoms with van der Waals surface area (Å²) in [6, 6.07) is 3.63. The minimum atomic E-state index is -4.42. The molecular formula is C21H28F3N3O4. The molecule has 0 unspecified atom stereocenters. The van der Waals surface area contributed by atoms with Crippen LogP contribution in [0.2, 0.25) is 0 Å². The number of alkyl halides is 3. The van der Waals surface area contributed by atoms with Crippen molar-refractivity contribution in [2.45, 2.75) is 44.6 Å². The topological polar surface area (TPSA) is 72.0 Å². The Bertz CT molecular complexity index is 726. The first kappa shape index (κ1) is 23.5. The Labute approximate surface area is 179 Å². The van der Waals surface area contributed by atoms with Gasteiger partial charge in [0.25, 0.3) is 0 Å². The molecule has 2 aliphatic heterocycles. The molecule has 2 aliphatic rings. The highest BCUT2D eigenvalue weighted by atomic mass is 19.4. The Morgan fingerprint density at radius 3 is 2.71 bits per heavy atom. The van der Waals surface area contributed by atoms with E-state index in [2.05, 4.69) is 4.98 Å². The van der Waals surface area contributed by atoms with Crippen LogP contribution in [0.5, 0.6) is 0 Å². The van der Waals surface area contributed by atoms with Crippen molar-refractivity contribution in [1.82, 2.24) is 14.8 Å². The highest BCUT2D eigenvalue weighted by Gasteiger charge is 2.34. The van der Waals surface area contributed by atoms with Crippen molar-refractivity contribution in [3.63, 3.8) is 0 Å². The molecule has 0 spiro atoms. The smallest absolute Gasteiger partial charge is 0.381 e. The summed E-state index contributed by atoms with van der Waals surface area (Å²) in [6.07, 6.45) is -1.80. The van der Waals surface area contributed by atoms with Crippen molar-refractivity contribution in [2.75, 3.05) is 39.4 Å². The molecule has 2 fully saturated rings. The monoisotopic (exact) mass is 443 g/mol. The number of carbonyl (C=O) groups excluding carboxylic acids is 2. The highest BCUT2D eigenvalue weighted by Crippen LogP contribution is 2.23. The number of aromatic nitrogens is 1. The Balaban J connectivity index is 1.67. The van der Waals surface area contributed by atoms with Gasteiger partial charge in [-0.15, -0.1) is 0 Å². The molecule has 0 radical (unpaired) electrons. The third-order valence-electron chi connectivity index (χ3n) is 5.53. The van der Waals surface area contributed by atoms with Gasteiger partial charge in [-0.3, -0.25) is 14.6 Å². The summed E-state index contributed by atoms with van der Waals surface area (Å²) in [5, 5.41) is 0. The summed E-state index contributed by atoms with van der Waals surface area (Å²) in [6.45, 7) is 2.20. The van der Waals surface area contributed by atoms with Gasteiger partial charge >= 0.3 is 6.18 Å². The number of nitrogens with zero attached hydrogens (tertiary/aromatic N) is 3. The fourth-order valence-corrected chi connectivity index (χ4v) is 3.80. The highest BCUT2D eigenvalue weighted by molar-refractivity contribution is 5.85. The zero-order valence-electron chi connectivity index (χ0n) is 17.4. The summed E-state index contributed by atoms with van der Waals surface area (Å²) < 4.78 is 49.0. The molecule has 1 aromatic heterocycles. The van der Waals surface area contributed by atoms with Crippen molar-refractivity contribution in [3.05, 3.63) is 30.1 Å². The van der Waals surface area contributed by atoms with Crippen LogP contribution >= 0.6 is 0 Å². The number of halogens is 3. The zero-order valence-corrected chi connectivity index (χ0v) is 17.4. The van der Waals surface area contributed by atoms with Gasteiger partial charge in [-0.05, 0) is 30.4 Å². The maximum atomic E-state index is 12.8. The molecule has 0 saturated carbocycles. The molecule has 0 N–H and O–H groups in total. The van der Waals surface area contributed by atoms with E-state index < -0.39 is 31.0 Å². The summed E-state index contributed by atoms with van der Waals surface area (Å²) in [4.78, 5) is 32.2. The second-order valence-electron chi connectivity index (χ2n) is 8.04. The molecule has 1 aromatic rings. The zero-order chi connectivity index (χ0) is 22.3. The normalized spacial score (nSPS) is 21.3. The molecular weight excluding hydrogens is 415 g/mol. The Hall–Kier alpha value is -2.20. The van der Waals surface area contributed by atoms with Gasteiger partial charge in [0.05, 0.1) is 25.7 Å². The molecule has 2 saturated heterocycles. The van der Waals surface area contributed by atoms with Crippen LogP contribution < -0.4 is 0 Å². The predicted octanol–water partition coefficient (Wildman–Crippen LogP) is 2.41.